The van der Waals surface area contributed by atoms with Crippen LogP contribution < -0.4 is 10.6 Å². The summed E-state index contributed by atoms with van der Waals surface area (Å²) < 4.78 is 19.0. The maximum atomic E-state index is 13.4. The highest BCUT2D eigenvalue weighted by Crippen LogP contribution is 2.19. The van der Waals surface area contributed by atoms with Crippen LogP contribution in [0.15, 0.2) is 29.4 Å². The molecule has 1 heterocycles. The number of hydrogen-bond acceptors (Lipinski definition) is 2. The average molecular weight is 476 g/mol. The number of H-pyrrole nitrogens is 1. The Kier molecular flexibility index (Phi) is 10.6. The van der Waals surface area contributed by atoms with Crippen LogP contribution in [0.25, 0.3) is 10.9 Å². The number of benzene rings is 1. The molecule has 0 amide bonds. The summed E-state index contributed by atoms with van der Waals surface area (Å²) in [5.41, 5.74) is 2.06. The molecular formula is C19H30FIN4O. The molecular weight excluding hydrogens is 446 g/mol. The van der Waals surface area contributed by atoms with Gasteiger partial charge >= 0.3 is 0 Å². The molecule has 0 fully saturated rings. The lowest BCUT2D eigenvalue weighted by Gasteiger charge is -2.12. The molecule has 1 aromatic carbocycles. The van der Waals surface area contributed by atoms with Crippen LogP contribution in [0.1, 0.15) is 25.8 Å². The van der Waals surface area contributed by atoms with Gasteiger partial charge in [-0.1, -0.05) is 13.8 Å². The molecule has 0 radical (unpaired) electrons. The standard InChI is InChI=1S/C19H29FN4O.HI/c1-14(2)13-25-10-4-8-22-19(21-3)23-9-7-15-12-24-18-6-5-16(20)11-17(15)18;/h5-6,11-12,14,24H,4,7-10,13H2,1-3H3,(H2,21,22,23);1H. The molecule has 0 atom stereocenters. The third-order valence-corrected chi connectivity index (χ3v) is 3.85. The molecule has 0 saturated heterocycles. The highest BCUT2D eigenvalue weighted by atomic mass is 127. The number of nitrogens with one attached hydrogen (secondary N) is 3. The van der Waals surface area contributed by atoms with Gasteiger partial charge in [0.25, 0.3) is 0 Å². The van der Waals surface area contributed by atoms with Crippen LogP contribution >= 0.6 is 24.0 Å². The van der Waals surface area contributed by atoms with Gasteiger partial charge in [0, 0.05) is 50.5 Å². The van der Waals surface area contributed by atoms with Crippen molar-refractivity contribution in [2.24, 2.45) is 10.9 Å². The first-order valence-corrected chi connectivity index (χ1v) is 8.88. The number of guanidine groups is 1. The van der Waals surface area contributed by atoms with Gasteiger partial charge in [0.2, 0.25) is 0 Å². The quantitative estimate of drug-likeness (QED) is 0.224. The lowest BCUT2D eigenvalue weighted by Crippen LogP contribution is -2.39. The predicted molar refractivity (Wildman–Crippen MR) is 117 cm³/mol. The molecule has 2 rings (SSSR count). The minimum atomic E-state index is -0.210. The van der Waals surface area contributed by atoms with Crippen LogP contribution in [0.4, 0.5) is 4.39 Å². The summed E-state index contributed by atoms with van der Waals surface area (Å²) in [7, 11) is 1.76. The topological polar surface area (TPSA) is 61.4 Å². The van der Waals surface area contributed by atoms with Crippen molar-refractivity contribution in [3.63, 3.8) is 0 Å². The van der Waals surface area contributed by atoms with Gasteiger partial charge in [0.1, 0.15) is 5.82 Å². The van der Waals surface area contributed by atoms with E-state index in [9.17, 15) is 4.39 Å². The minimum Gasteiger partial charge on any atom is -0.381 e. The highest BCUT2D eigenvalue weighted by molar-refractivity contribution is 14.0. The zero-order valence-electron chi connectivity index (χ0n) is 15.8. The smallest absolute Gasteiger partial charge is 0.190 e. The zero-order chi connectivity index (χ0) is 18.1. The molecule has 0 aliphatic heterocycles. The molecule has 146 valence electrons. The van der Waals surface area contributed by atoms with Crippen LogP contribution in [0.2, 0.25) is 0 Å². The van der Waals surface area contributed by atoms with E-state index < -0.39 is 0 Å². The fourth-order valence-corrected chi connectivity index (χ4v) is 2.59. The summed E-state index contributed by atoms with van der Waals surface area (Å²) >= 11 is 0. The van der Waals surface area contributed by atoms with Crippen molar-refractivity contribution in [2.45, 2.75) is 26.7 Å². The van der Waals surface area contributed by atoms with Gasteiger partial charge in [-0.15, -0.1) is 24.0 Å². The molecule has 2 aromatic rings. The molecule has 0 bridgehead atoms. The summed E-state index contributed by atoms with van der Waals surface area (Å²) in [6.45, 7) is 7.39. The van der Waals surface area contributed by atoms with Gasteiger partial charge in [0.15, 0.2) is 5.96 Å². The molecule has 0 spiro atoms. The van der Waals surface area contributed by atoms with E-state index in [-0.39, 0.29) is 29.8 Å². The molecule has 1 aromatic heterocycles. The van der Waals surface area contributed by atoms with Crippen molar-refractivity contribution in [3.8, 4) is 0 Å². The predicted octanol–water partition coefficient (Wildman–Crippen LogP) is 3.70. The second-order valence-corrected chi connectivity index (χ2v) is 6.50. The Labute approximate surface area is 172 Å². The Morgan fingerprint density at radius 1 is 1.27 bits per heavy atom. The van der Waals surface area contributed by atoms with Crippen molar-refractivity contribution in [2.75, 3.05) is 33.4 Å². The van der Waals surface area contributed by atoms with Crippen molar-refractivity contribution in [3.05, 3.63) is 35.8 Å². The Balaban J connectivity index is 0.00000338. The summed E-state index contributed by atoms with van der Waals surface area (Å²) in [5, 5.41) is 7.50. The third-order valence-electron chi connectivity index (χ3n) is 3.85. The summed E-state index contributed by atoms with van der Waals surface area (Å²) in [6, 6.07) is 4.81. The first-order chi connectivity index (χ1) is 12.1. The van der Waals surface area contributed by atoms with E-state index in [1.807, 2.05) is 6.20 Å². The number of rotatable bonds is 9. The Hall–Kier alpha value is -1.35. The van der Waals surface area contributed by atoms with Crippen molar-refractivity contribution >= 4 is 40.8 Å². The second kappa shape index (κ2) is 12.1. The molecule has 26 heavy (non-hydrogen) atoms. The minimum absolute atomic E-state index is 0. The number of aromatic nitrogens is 1. The zero-order valence-corrected chi connectivity index (χ0v) is 18.1. The number of fused-ring (bicyclic) bond motifs is 1. The van der Waals surface area contributed by atoms with Crippen molar-refractivity contribution < 1.29 is 9.13 Å². The van der Waals surface area contributed by atoms with Crippen LogP contribution in [0.3, 0.4) is 0 Å². The first kappa shape index (κ1) is 22.7. The van der Waals surface area contributed by atoms with Crippen LogP contribution in [-0.4, -0.2) is 44.3 Å². The van der Waals surface area contributed by atoms with E-state index in [1.165, 1.54) is 6.07 Å². The van der Waals surface area contributed by atoms with Crippen LogP contribution in [0, 0.1) is 11.7 Å². The maximum absolute atomic E-state index is 13.4. The lowest BCUT2D eigenvalue weighted by molar-refractivity contribution is 0.108. The Morgan fingerprint density at radius 3 is 2.77 bits per heavy atom. The fourth-order valence-electron chi connectivity index (χ4n) is 2.59. The molecule has 0 aliphatic carbocycles. The van der Waals surface area contributed by atoms with Crippen LogP contribution in [-0.2, 0) is 11.2 Å². The lowest BCUT2D eigenvalue weighted by atomic mass is 10.1. The molecule has 7 heteroatoms. The SMILES string of the molecule is CN=C(NCCCOCC(C)C)NCCc1c[nH]c2ccc(F)cc12.I. The van der Waals surface area contributed by atoms with Gasteiger partial charge in [-0.3, -0.25) is 4.99 Å². The second-order valence-electron chi connectivity index (χ2n) is 6.50. The van der Waals surface area contributed by atoms with Crippen LogP contribution in [0.5, 0.6) is 0 Å². The van der Waals surface area contributed by atoms with E-state index in [0.29, 0.717) is 5.92 Å². The number of ether oxygens (including phenoxy) is 1. The third kappa shape index (κ3) is 7.49. The monoisotopic (exact) mass is 476 g/mol. The van der Waals surface area contributed by atoms with E-state index >= 15 is 0 Å². The molecule has 5 nitrogen and oxygen atoms in total. The molecule has 0 aliphatic rings. The van der Waals surface area contributed by atoms with E-state index in [1.54, 1.807) is 19.2 Å². The number of halogens is 2. The van der Waals surface area contributed by atoms with E-state index in [4.69, 9.17) is 4.74 Å². The van der Waals surface area contributed by atoms with E-state index in [0.717, 1.165) is 61.6 Å². The first-order valence-electron chi connectivity index (χ1n) is 8.88. The Bertz CT molecular complexity index is 687. The van der Waals surface area contributed by atoms with Gasteiger partial charge < -0.3 is 20.4 Å². The van der Waals surface area contributed by atoms with Gasteiger partial charge in [-0.05, 0) is 42.5 Å². The van der Waals surface area contributed by atoms with E-state index in [2.05, 4.69) is 34.5 Å². The number of aromatic amines is 1. The number of aliphatic imine (C=N–C) groups is 1. The summed E-state index contributed by atoms with van der Waals surface area (Å²) in [4.78, 5) is 7.39. The van der Waals surface area contributed by atoms with Gasteiger partial charge in [-0.2, -0.15) is 0 Å². The molecule has 0 unspecified atom stereocenters. The Morgan fingerprint density at radius 2 is 2.04 bits per heavy atom. The normalized spacial score (nSPS) is 11.7. The fraction of sp³-hybridized carbons (Fsp3) is 0.526. The largest absolute Gasteiger partial charge is 0.381 e. The van der Waals surface area contributed by atoms with Gasteiger partial charge in [-0.25, -0.2) is 4.39 Å². The van der Waals surface area contributed by atoms with Crippen molar-refractivity contribution in [1.29, 1.82) is 0 Å². The highest BCUT2D eigenvalue weighted by Gasteiger charge is 2.05. The van der Waals surface area contributed by atoms with Gasteiger partial charge in [0.05, 0.1) is 0 Å². The number of hydrogen-bond donors (Lipinski definition) is 3. The average Bonchev–Trinajstić information content (AvgIpc) is 2.98. The molecule has 3 N–H and O–H groups in total. The summed E-state index contributed by atoms with van der Waals surface area (Å²) in [6.07, 6.45) is 3.67. The molecule has 0 saturated carbocycles. The summed E-state index contributed by atoms with van der Waals surface area (Å²) in [5.74, 6) is 1.13. The van der Waals surface area contributed by atoms with Crippen molar-refractivity contribution in [1.82, 2.24) is 15.6 Å². The maximum Gasteiger partial charge on any atom is 0.190 e. The number of nitrogens with zero attached hydrogens (tertiary/aromatic N) is 1.